The minimum absolute atomic E-state index is 0.130. The van der Waals surface area contributed by atoms with Crippen LogP contribution >= 0.6 is 22.9 Å². The van der Waals surface area contributed by atoms with Gasteiger partial charge in [0.1, 0.15) is 0 Å². The van der Waals surface area contributed by atoms with Gasteiger partial charge in [0.15, 0.2) is 0 Å². The Bertz CT molecular complexity index is 379. The van der Waals surface area contributed by atoms with E-state index >= 15 is 0 Å². The molecule has 0 saturated carbocycles. The van der Waals surface area contributed by atoms with Crippen LogP contribution < -0.4 is 5.73 Å². The Labute approximate surface area is 114 Å². The van der Waals surface area contributed by atoms with Gasteiger partial charge in [0.2, 0.25) is 0 Å². The van der Waals surface area contributed by atoms with Gasteiger partial charge in [0.25, 0.3) is 0 Å². The highest BCUT2D eigenvalue weighted by atomic mass is 35.5. The van der Waals surface area contributed by atoms with E-state index in [1.54, 1.807) is 26.0 Å². The summed E-state index contributed by atoms with van der Waals surface area (Å²) in [6, 6.07) is 2.71. The summed E-state index contributed by atoms with van der Waals surface area (Å²) >= 11 is 7.08. The van der Waals surface area contributed by atoms with E-state index < -0.39 is 18.8 Å². The SMILES string of the molecule is CC(C)N(CC(F)(F)F)C(CN)c1ccc(Cl)s1. The van der Waals surface area contributed by atoms with Gasteiger partial charge in [-0.3, -0.25) is 4.90 Å². The first-order valence-electron chi connectivity index (χ1n) is 5.52. The van der Waals surface area contributed by atoms with Crippen molar-refractivity contribution in [3.05, 3.63) is 21.3 Å². The molecule has 104 valence electrons. The molecule has 0 spiro atoms. The summed E-state index contributed by atoms with van der Waals surface area (Å²) in [5, 5.41) is 0. The summed E-state index contributed by atoms with van der Waals surface area (Å²) in [5.41, 5.74) is 5.63. The minimum Gasteiger partial charge on any atom is -0.329 e. The number of thiophene rings is 1. The highest BCUT2D eigenvalue weighted by Gasteiger charge is 2.35. The molecule has 0 aromatic carbocycles. The molecule has 1 heterocycles. The van der Waals surface area contributed by atoms with Gasteiger partial charge >= 0.3 is 6.18 Å². The largest absolute Gasteiger partial charge is 0.401 e. The fraction of sp³-hybridized carbons (Fsp3) is 0.636. The van der Waals surface area contributed by atoms with Crippen molar-refractivity contribution in [3.63, 3.8) is 0 Å². The van der Waals surface area contributed by atoms with E-state index in [0.29, 0.717) is 4.34 Å². The first-order chi connectivity index (χ1) is 8.24. The van der Waals surface area contributed by atoms with Crippen LogP contribution in [0.15, 0.2) is 12.1 Å². The van der Waals surface area contributed by atoms with Gasteiger partial charge in [-0.1, -0.05) is 11.6 Å². The summed E-state index contributed by atoms with van der Waals surface area (Å²) < 4.78 is 38.3. The second kappa shape index (κ2) is 6.23. The lowest BCUT2D eigenvalue weighted by Crippen LogP contribution is -2.43. The molecule has 1 atom stereocenters. The van der Waals surface area contributed by atoms with Crippen LogP contribution in [0.25, 0.3) is 0 Å². The molecule has 0 aliphatic heterocycles. The highest BCUT2D eigenvalue weighted by Crippen LogP contribution is 2.32. The fourth-order valence-corrected chi connectivity index (χ4v) is 2.98. The van der Waals surface area contributed by atoms with Crippen LogP contribution in [0.3, 0.4) is 0 Å². The number of nitrogens with two attached hydrogens (primary N) is 1. The van der Waals surface area contributed by atoms with Gasteiger partial charge in [0.05, 0.1) is 16.9 Å². The van der Waals surface area contributed by atoms with Crippen LogP contribution in [0.5, 0.6) is 0 Å². The van der Waals surface area contributed by atoms with E-state index in [1.807, 2.05) is 0 Å². The topological polar surface area (TPSA) is 29.3 Å². The van der Waals surface area contributed by atoms with E-state index in [1.165, 1.54) is 16.2 Å². The molecule has 7 heteroatoms. The van der Waals surface area contributed by atoms with Crippen molar-refractivity contribution < 1.29 is 13.2 Å². The number of alkyl halides is 3. The minimum atomic E-state index is -4.24. The van der Waals surface area contributed by atoms with Gasteiger partial charge in [-0.05, 0) is 26.0 Å². The van der Waals surface area contributed by atoms with Crippen LogP contribution in [0.4, 0.5) is 13.2 Å². The molecule has 2 N–H and O–H groups in total. The molecule has 1 aromatic rings. The quantitative estimate of drug-likeness (QED) is 0.899. The van der Waals surface area contributed by atoms with Crippen molar-refractivity contribution in [2.24, 2.45) is 5.73 Å². The lowest BCUT2D eigenvalue weighted by atomic mass is 10.1. The van der Waals surface area contributed by atoms with Crippen molar-refractivity contribution in [1.29, 1.82) is 0 Å². The Hall–Kier alpha value is -0.300. The van der Waals surface area contributed by atoms with Gasteiger partial charge in [-0.2, -0.15) is 13.2 Å². The fourth-order valence-electron chi connectivity index (χ4n) is 1.78. The zero-order chi connectivity index (χ0) is 13.9. The summed E-state index contributed by atoms with van der Waals surface area (Å²) in [7, 11) is 0. The van der Waals surface area contributed by atoms with Crippen LogP contribution in [0, 0.1) is 0 Å². The van der Waals surface area contributed by atoms with Crippen molar-refractivity contribution in [3.8, 4) is 0 Å². The Morgan fingerprint density at radius 2 is 2.00 bits per heavy atom. The lowest BCUT2D eigenvalue weighted by Gasteiger charge is -2.34. The standard InChI is InChI=1S/C11H16ClF3N2S/c1-7(2)17(6-11(13,14)15)8(5-16)9-3-4-10(12)18-9/h3-4,7-8H,5-6,16H2,1-2H3. The number of rotatable bonds is 5. The van der Waals surface area contributed by atoms with Gasteiger partial charge in [-0.15, -0.1) is 11.3 Å². The Morgan fingerprint density at radius 3 is 2.33 bits per heavy atom. The maximum absolute atomic E-state index is 12.6. The molecule has 0 fully saturated rings. The lowest BCUT2D eigenvalue weighted by molar-refractivity contribution is -0.155. The van der Waals surface area contributed by atoms with Gasteiger partial charge < -0.3 is 5.73 Å². The molecule has 2 nitrogen and oxygen atoms in total. The summed E-state index contributed by atoms with van der Waals surface area (Å²) in [4.78, 5) is 2.11. The molecule has 0 bridgehead atoms. The molecule has 18 heavy (non-hydrogen) atoms. The zero-order valence-electron chi connectivity index (χ0n) is 10.2. The number of hydrogen-bond acceptors (Lipinski definition) is 3. The molecule has 1 aromatic heterocycles. The number of halogens is 4. The summed E-state index contributed by atoms with van der Waals surface area (Å²) in [6.45, 7) is 2.61. The smallest absolute Gasteiger partial charge is 0.329 e. The summed E-state index contributed by atoms with van der Waals surface area (Å²) in [5.74, 6) is 0. The molecule has 1 rings (SSSR count). The van der Waals surface area contributed by atoms with Crippen molar-refractivity contribution in [2.75, 3.05) is 13.1 Å². The number of nitrogens with zero attached hydrogens (tertiary/aromatic N) is 1. The van der Waals surface area contributed by atoms with E-state index in [9.17, 15) is 13.2 Å². The van der Waals surface area contributed by atoms with E-state index in [0.717, 1.165) is 4.88 Å². The maximum Gasteiger partial charge on any atom is 0.401 e. The number of hydrogen-bond donors (Lipinski definition) is 1. The first kappa shape index (κ1) is 15.8. The van der Waals surface area contributed by atoms with Gasteiger partial charge in [0, 0.05) is 17.5 Å². The van der Waals surface area contributed by atoms with Crippen molar-refractivity contribution in [1.82, 2.24) is 4.90 Å². The van der Waals surface area contributed by atoms with Crippen LogP contribution in [0.2, 0.25) is 4.34 Å². The van der Waals surface area contributed by atoms with Crippen molar-refractivity contribution in [2.45, 2.75) is 32.1 Å². The monoisotopic (exact) mass is 300 g/mol. The first-order valence-corrected chi connectivity index (χ1v) is 6.72. The van der Waals surface area contributed by atoms with Crippen LogP contribution in [-0.4, -0.2) is 30.2 Å². The van der Waals surface area contributed by atoms with Crippen molar-refractivity contribution >= 4 is 22.9 Å². The molecule has 0 aliphatic carbocycles. The second-order valence-corrected chi connectivity index (χ2v) is 6.02. The average molecular weight is 301 g/mol. The molecular formula is C11H16ClF3N2S. The maximum atomic E-state index is 12.6. The molecule has 0 saturated heterocycles. The third kappa shape index (κ3) is 4.42. The van der Waals surface area contributed by atoms with Crippen LogP contribution in [-0.2, 0) is 0 Å². The molecule has 0 amide bonds. The third-order valence-electron chi connectivity index (χ3n) is 2.57. The normalized spacial score (nSPS) is 14.5. The molecule has 0 aliphatic rings. The molecular weight excluding hydrogens is 285 g/mol. The van der Waals surface area contributed by atoms with Gasteiger partial charge in [-0.25, -0.2) is 0 Å². The Balaban J connectivity index is 2.94. The highest BCUT2D eigenvalue weighted by molar-refractivity contribution is 7.16. The molecule has 1 unspecified atom stereocenters. The van der Waals surface area contributed by atoms with E-state index in [-0.39, 0.29) is 12.6 Å². The Kier molecular flexibility index (Phi) is 5.46. The van der Waals surface area contributed by atoms with E-state index in [2.05, 4.69) is 0 Å². The second-order valence-electron chi connectivity index (χ2n) is 4.27. The Morgan fingerprint density at radius 1 is 1.39 bits per heavy atom. The predicted molar refractivity (Wildman–Crippen MR) is 69.0 cm³/mol. The van der Waals surface area contributed by atoms with E-state index in [4.69, 9.17) is 17.3 Å². The zero-order valence-corrected chi connectivity index (χ0v) is 11.7. The predicted octanol–water partition coefficient (Wildman–Crippen LogP) is 3.67. The molecule has 0 radical (unpaired) electrons. The average Bonchev–Trinajstić information content (AvgIpc) is 2.62. The summed E-state index contributed by atoms with van der Waals surface area (Å²) in [6.07, 6.45) is -4.24. The third-order valence-corrected chi connectivity index (χ3v) is 3.90. The van der Waals surface area contributed by atoms with Crippen LogP contribution in [0.1, 0.15) is 24.8 Å².